The molecule has 5 rings (SSSR count). The third kappa shape index (κ3) is 6.33. The van der Waals surface area contributed by atoms with Gasteiger partial charge in [0.05, 0.1) is 46.7 Å². The number of thiazole rings is 1. The Morgan fingerprint density at radius 2 is 1.86 bits per heavy atom. The van der Waals surface area contributed by atoms with Crippen LogP contribution in [0.4, 0.5) is 0 Å². The quantitative estimate of drug-likeness (QED) is 0.223. The first-order valence-electron chi connectivity index (χ1n) is 13.7. The van der Waals surface area contributed by atoms with Gasteiger partial charge in [-0.25, -0.2) is 9.79 Å². The number of aromatic nitrogens is 1. The highest BCUT2D eigenvalue weighted by molar-refractivity contribution is 9.10. The molecule has 0 saturated carbocycles. The summed E-state index contributed by atoms with van der Waals surface area (Å²) in [4.78, 5) is 32.4. The summed E-state index contributed by atoms with van der Waals surface area (Å²) in [6, 6.07) is 21.6. The molecule has 2 heterocycles. The summed E-state index contributed by atoms with van der Waals surface area (Å²) in [6.07, 6.45) is 1.76. The van der Waals surface area contributed by atoms with Crippen LogP contribution in [0.2, 0.25) is 0 Å². The number of halogens is 1. The van der Waals surface area contributed by atoms with Gasteiger partial charge in [-0.2, -0.15) is 5.26 Å². The van der Waals surface area contributed by atoms with Gasteiger partial charge in [0.2, 0.25) is 0 Å². The maximum Gasteiger partial charge on any atom is 0.338 e. The van der Waals surface area contributed by atoms with Crippen LogP contribution in [0.3, 0.4) is 0 Å². The molecule has 218 valence electrons. The fourth-order valence-electron chi connectivity index (χ4n) is 4.84. The lowest BCUT2D eigenvalue weighted by atomic mass is 9.96. The summed E-state index contributed by atoms with van der Waals surface area (Å²) in [5.74, 6) is 0.724. The topological polar surface area (TPSA) is 103 Å². The molecule has 10 heteroatoms. The van der Waals surface area contributed by atoms with Crippen LogP contribution in [0, 0.1) is 11.3 Å². The maximum atomic E-state index is 14.1. The maximum absolute atomic E-state index is 14.1. The number of allylic oxidation sites excluding steroid dienone is 1. The van der Waals surface area contributed by atoms with Crippen LogP contribution in [0.1, 0.15) is 49.1 Å². The van der Waals surface area contributed by atoms with Gasteiger partial charge in [0.1, 0.15) is 18.1 Å². The van der Waals surface area contributed by atoms with Crippen molar-refractivity contribution in [1.29, 1.82) is 5.26 Å². The molecule has 1 aliphatic heterocycles. The molecule has 0 unspecified atom stereocenters. The Bertz CT molecular complexity index is 1940. The minimum absolute atomic E-state index is 0.188. The van der Waals surface area contributed by atoms with Crippen LogP contribution in [-0.2, 0) is 16.1 Å². The third-order valence-corrected chi connectivity index (χ3v) is 8.28. The van der Waals surface area contributed by atoms with Gasteiger partial charge in [0.25, 0.3) is 5.56 Å². The van der Waals surface area contributed by atoms with Gasteiger partial charge >= 0.3 is 5.97 Å². The molecule has 1 atom stereocenters. The normalized spacial score (nSPS) is 14.5. The lowest BCUT2D eigenvalue weighted by Gasteiger charge is -2.24. The van der Waals surface area contributed by atoms with Crippen molar-refractivity contribution < 1.29 is 19.0 Å². The minimum atomic E-state index is -0.728. The van der Waals surface area contributed by atoms with E-state index >= 15 is 0 Å². The SMILES string of the molecule is CCOC(=O)C1=C(C)N=c2s/c(=C\c3cc(Br)ccc3OCc3ccccc3C#N)c(=O)n2[C@H]1c1ccc(OCC)cc1. The Kier molecular flexibility index (Phi) is 9.24. The first-order valence-corrected chi connectivity index (χ1v) is 15.3. The predicted octanol–water partition coefficient (Wildman–Crippen LogP) is 5.41. The number of hydrogen-bond donors (Lipinski definition) is 0. The molecule has 0 bridgehead atoms. The molecule has 3 aromatic carbocycles. The van der Waals surface area contributed by atoms with Crippen molar-refractivity contribution in [2.24, 2.45) is 4.99 Å². The highest BCUT2D eigenvalue weighted by Crippen LogP contribution is 2.32. The van der Waals surface area contributed by atoms with Crippen LogP contribution in [0.15, 0.2) is 92.3 Å². The number of esters is 1. The van der Waals surface area contributed by atoms with Crippen molar-refractivity contribution in [1.82, 2.24) is 4.57 Å². The number of ether oxygens (including phenoxy) is 3. The Morgan fingerprint density at radius 1 is 1.09 bits per heavy atom. The second kappa shape index (κ2) is 13.2. The van der Waals surface area contributed by atoms with Gasteiger partial charge in [-0.15, -0.1) is 0 Å². The largest absolute Gasteiger partial charge is 0.494 e. The second-order valence-electron chi connectivity index (χ2n) is 9.54. The number of benzene rings is 3. The van der Waals surface area contributed by atoms with Crippen LogP contribution >= 0.6 is 27.3 Å². The average Bonchev–Trinajstić information content (AvgIpc) is 3.30. The summed E-state index contributed by atoms with van der Waals surface area (Å²) in [5, 5.41) is 9.45. The average molecular weight is 659 g/mol. The lowest BCUT2D eigenvalue weighted by Crippen LogP contribution is -2.39. The van der Waals surface area contributed by atoms with Gasteiger partial charge in [0.15, 0.2) is 4.80 Å². The van der Waals surface area contributed by atoms with Gasteiger partial charge < -0.3 is 14.2 Å². The molecule has 0 fully saturated rings. The molecule has 0 spiro atoms. The number of nitriles is 1. The fourth-order valence-corrected chi connectivity index (χ4v) is 6.25. The van der Waals surface area contributed by atoms with E-state index in [2.05, 4.69) is 27.0 Å². The summed E-state index contributed by atoms with van der Waals surface area (Å²) in [7, 11) is 0. The van der Waals surface area contributed by atoms with E-state index in [9.17, 15) is 14.9 Å². The van der Waals surface area contributed by atoms with Crippen LogP contribution < -0.4 is 24.4 Å². The second-order valence-corrected chi connectivity index (χ2v) is 11.5. The molecular weight excluding hydrogens is 630 g/mol. The van der Waals surface area contributed by atoms with E-state index in [1.165, 1.54) is 11.3 Å². The number of hydrogen-bond acceptors (Lipinski definition) is 8. The number of nitrogens with zero attached hydrogens (tertiary/aromatic N) is 3. The molecule has 0 amide bonds. The van der Waals surface area contributed by atoms with Crippen molar-refractivity contribution in [2.45, 2.75) is 33.4 Å². The fraction of sp³-hybridized carbons (Fsp3) is 0.212. The first kappa shape index (κ1) is 30.0. The van der Waals surface area contributed by atoms with Crippen molar-refractivity contribution in [3.8, 4) is 17.6 Å². The molecule has 43 heavy (non-hydrogen) atoms. The molecule has 0 radical (unpaired) electrons. The van der Waals surface area contributed by atoms with Crippen LogP contribution in [0.25, 0.3) is 6.08 Å². The van der Waals surface area contributed by atoms with Crippen molar-refractivity contribution >= 4 is 39.3 Å². The van der Waals surface area contributed by atoms with Gasteiger partial charge in [-0.3, -0.25) is 9.36 Å². The zero-order valence-electron chi connectivity index (χ0n) is 23.8. The summed E-state index contributed by atoms with van der Waals surface area (Å²) < 4.78 is 19.9. The summed E-state index contributed by atoms with van der Waals surface area (Å²) >= 11 is 4.76. The predicted molar refractivity (Wildman–Crippen MR) is 168 cm³/mol. The van der Waals surface area contributed by atoms with E-state index < -0.39 is 12.0 Å². The first-order chi connectivity index (χ1) is 20.8. The molecule has 0 aliphatic carbocycles. The molecule has 0 N–H and O–H groups in total. The van der Waals surface area contributed by atoms with Gasteiger partial charge in [0, 0.05) is 15.6 Å². The molecule has 1 aromatic heterocycles. The van der Waals surface area contributed by atoms with E-state index in [0.717, 1.165) is 15.6 Å². The Morgan fingerprint density at radius 3 is 2.58 bits per heavy atom. The number of carbonyl (C=O) groups is 1. The monoisotopic (exact) mass is 657 g/mol. The van der Waals surface area contributed by atoms with E-state index in [1.54, 1.807) is 30.6 Å². The Labute approximate surface area is 260 Å². The van der Waals surface area contributed by atoms with Gasteiger partial charge in [-0.1, -0.05) is 57.6 Å². The van der Waals surface area contributed by atoms with Gasteiger partial charge in [-0.05, 0) is 68.8 Å². The number of rotatable bonds is 9. The number of fused-ring (bicyclic) bond motifs is 1. The van der Waals surface area contributed by atoms with Crippen LogP contribution in [0.5, 0.6) is 11.5 Å². The van der Waals surface area contributed by atoms with Crippen LogP contribution in [-0.4, -0.2) is 23.8 Å². The lowest BCUT2D eigenvalue weighted by molar-refractivity contribution is -0.139. The third-order valence-electron chi connectivity index (χ3n) is 6.80. The van der Waals surface area contributed by atoms with E-state index in [1.807, 2.05) is 67.6 Å². The molecule has 1 aliphatic rings. The van der Waals surface area contributed by atoms with E-state index in [-0.39, 0.29) is 18.8 Å². The zero-order valence-corrected chi connectivity index (χ0v) is 26.2. The van der Waals surface area contributed by atoms with E-state index in [0.29, 0.717) is 49.8 Å². The molecule has 0 saturated heterocycles. The zero-order chi connectivity index (χ0) is 30.5. The molecule has 8 nitrogen and oxygen atoms in total. The van der Waals surface area contributed by atoms with Crippen molar-refractivity contribution in [2.75, 3.05) is 13.2 Å². The molecule has 4 aromatic rings. The van der Waals surface area contributed by atoms with Crippen molar-refractivity contribution in [3.05, 3.63) is 124 Å². The Hall–Kier alpha value is -4.46. The van der Waals surface area contributed by atoms with E-state index in [4.69, 9.17) is 14.2 Å². The van der Waals surface area contributed by atoms with Crippen molar-refractivity contribution in [3.63, 3.8) is 0 Å². The standard InChI is InChI=1S/C33H28BrN3O5S/c1-4-40-26-13-10-21(11-14-26)30-29(32(39)41-5-2)20(3)36-33-37(30)31(38)28(43-33)17-24-16-25(34)12-15-27(24)42-19-23-9-7-6-8-22(23)18-35/h6-17,30H,4-5,19H2,1-3H3/b28-17-/t30-/m0/s1. The molecular formula is C33H28BrN3O5S. The smallest absolute Gasteiger partial charge is 0.338 e. The minimum Gasteiger partial charge on any atom is -0.494 e. The Balaban J connectivity index is 1.61. The summed E-state index contributed by atoms with van der Waals surface area (Å²) in [6.45, 7) is 6.31. The highest BCUT2D eigenvalue weighted by atomic mass is 79.9. The highest BCUT2D eigenvalue weighted by Gasteiger charge is 2.33. The number of carbonyl (C=O) groups excluding carboxylic acids is 1. The summed E-state index contributed by atoms with van der Waals surface area (Å²) in [5.41, 5.74) is 3.22.